The van der Waals surface area contributed by atoms with Gasteiger partial charge in [-0.15, -0.1) is 0 Å². The van der Waals surface area contributed by atoms with Gasteiger partial charge in [0, 0.05) is 29.7 Å². The van der Waals surface area contributed by atoms with Crippen LogP contribution in [-0.4, -0.2) is 24.7 Å². The summed E-state index contributed by atoms with van der Waals surface area (Å²) in [6.45, 7) is 9.61. The van der Waals surface area contributed by atoms with Gasteiger partial charge in [0.2, 0.25) is 0 Å². The fourth-order valence-electron chi connectivity index (χ4n) is 3.44. The third-order valence-electron chi connectivity index (χ3n) is 5.17. The molecule has 4 aromatic rings. The molecule has 0 aliphatic rings. The molecule has 30 heavy (non-hydrogen) atoms. The van der Waals surface area contributed by atoms with Gasteiger partial charge in [-0.1, -0.05) is 30.3 Å². The fourth-order valence-corrected chi connectivity index (χ4v) is 3.44. The van der Waals surface area contributed by atoms with Crippen LogP contribution in [0.2, 0.25) is 0 Å². The molecule has 0 aliphatic carbocycles. The molecule has 0 aliphatic heterocycles. The van der Waals surface area contributed by atoms with Crippen molar-refractivity contribution in [2.24, 2.45) is 0 Å². The van der Waals surface area contributed by atoms with Crippen molar-refractivity contribution in [2.45, 2.75) is 40.8 Å². The maximum absolute atomic E-state index is 4.72. The zero-order valence-electron chi connectivity index (χ0n) is 17.8. The molecule has 6 heteroatoms. The highest BCUT2D eigenvalue weighted by Crippen LogP contribution is 2.21. The molecular formula is C24H26N6. The average Bonchev–Trinajstić information content (AvgIpc) is 3.06. The van der Waals surface area contributed by atoms with Crippen molar-refractivity contribution in [1.82, 2.24) is 24.7 Å². The van der Waals surface area contributed by atoms with E-state index in [1.54, 1.807) is 6.20 Å². The summed E-state index contributed by atoms with van der Waals surface area (Å²) in [6, 6.07) is 16.4. The van der Waals surface area contributed by atoms with E-state index in [-0.39, 0.29) is 0 Å². The third-order valence-corrected chi connectivity index (χ3v) is 5.17. The molecule has 3 aromatic heterocycles. The van der Waals surface area contributed by atoms with Crippen LogP contribution < -0.4 is 5.32 Å². The topological polar surface area (TPSA) is 68.5 Å². The summed E-state index contributed by atoms with van der Waals surface area (Å²) in [5.74, 6) is 1.48. The molecule has 0 bridgehead atoms. The first-order valence-corrected chi connectivity index (χ1v) is 10.1. The van der Waals surface area contributed by atoms with Crippen LogP contribution in [0.1, 0.15) is 33.8 Å². The number of aromatic nitrogens is 5. The Morgan fingerprint density at radius 1 is 0.900 bits per heavy atom. The second-order valence-electron chi connectivity index (χ2n) is 7.58. The number of rotatable bonds is 6. The molecule has 0 spiro atoms. The van der Waals surface area contributed by atoms with Gasteiger partial charge in [-0.25, -0.2) is 9.97 Å². The van der Waals surface area contributed by atoms with Crippen molar-refractivity contribution >= 4 is 5.82 Å². The van der Waals surface area contributed by atoms with Crippen LogP contribution in [0.5, 0.6) is 0 Å². The van der Waals surface area contributed by atoms with Crippen molar-refractivity contribution < 1.29 is 0 Å². The van der Waals surface area contributed by atoms with Crippen LogP contribution in [0, 0.1) is 27.7 Å². The summed E-state index contributed by atoms with van der Waals surface area (Å²) in [6.07, 6.45) is 1.76. The van der Waals surface area contributed by atoms with Crippen molar-refractivity contribution in [2.75, 3.05) is 5.32 Å². The summed E-state index contributed by atoms with van der Waals surface area (Å²) in [7, 11) is 0. The minimum absolute atomic E-state index is 0.638. The number of pyridine rings is 1. The summed E-state index contributed by atoms with van der Waals surface area (Å²) in [5, 5.41) is 8.05. The molecule has 0 saturated heterocycles. The average molecular weight is 399 g/mol. The van der Waals surface area contributed by atoms with Gasteiger partial charge in [-0.05, 0) is 57.0 Å². The van der Waals surface area contributed by atoms with Crippen LogP contribution >= 0.6 is 0 Å². The molecule has 0 saturated carbocycles. The van der Waals surface area contributed by atoms with E-state index in [9.17, 15) is 0 Å². The lowest BCUT2D eigenvalue weighted by Crippen LogP contribution is -2.08. The summed E-state index contributed by atoms with van der Waals surface area (Å²) in [4.78, 5) is 13.7. The molecule has 0 amide bonds. The lowest BCUT2D eigenvalue weighted by molar-refractivity contribution is 0.658. The van der Waals surface area contributed by atoms with Crippen molar-refractivity contribution in [1.29, 1.82) is 0 Å². The fraction of sp³-hybridized carbons (Fsp3) is 0.250. The normalized spacial score (nSPS) is 10.9. The Kier molecular flexibility index (Phi) is 5.57. The highest BCUT2D eigenvalue weighted by molar-refractivity contribution is 5.56. The van der Waals surface area contributed by atoms with E-state index in [1.165, 1.54) is 16.8 Å². The molecular weight excluding hydrogens is 372 g/mol. The number of hydrogen-bond donors (Lipinski definition) is 1. The number of nitrogens with zero attached hydrogens (tertiary/aromatic N) is 5. The molecule has 1 N–H and O–H groups in total. The van der Waals surface area contributed by atoms with Crippen LogP contribution in [0.4, 0.5) is 5.82 Å². The molecule has 0 atom stereocenters. The highest BCUT2D eigenvalue weighted by Gasteiger charge is 2.11. The number of aryl methyl sites for hydroxylation is 3. The summed E-state index contributed by atoms with van der Waals surface area (Å²) >= 11 is 0. The molecule has 3 heterocycles. The van der Waals surface area contributed by atoms with E-state index in [2.05, 4.69) is 57.6 Å². The predicted octanol–water partition coefficient (Wildman–Crippen LogP) is 4.63. The van der Waals surface area contributed by atoms with E-state index < -0.39 is 0 Å². The Hall–Kier alpha value is -3.54. The van der Waals surface area contributed by atoms with Crippen LogP contribution in [0.15, 0.2) is 54.7 Å². The predicted molar refractivity (Wildman–Crippen MR) is 119 cm³/mol. The maximum Gasteiger partial charge on any atom is 0.180 e. The van der Waals surface area contributed by atoms with Crippen molar-refractivity contribution in [3.8, 4) is 11.5 Å². The zero-order chi connectivity index (χ0) is 21.1. The van der Waals surface area contributed by atoms with Gasteiger partial charge in [0.1, 0.15) is 11.5 Å². The number of hydrogen-bond acceptors (Lipinski definition) is 5. The van der Waals surface area contributed by atoms with E-state index in [1.807, 2.05) is 43.7 Å². The number of anilines is 1. The molecule has 0 radical (unpaired) electrons. The van der Waals surface area contributed by atoms with E-state index >= 15 is 0 Å². The Bertz CT molecular complexity index is 1160. The van der Waals surface area contributed by atoms with Crippen molar-refractivity contribution in [3.05, 3.63) is 88.5 Å². The second kappa shape index (κ2) is 8.45. The Labute approximate surface area is 177 Å². The molecule has 4 rings (SSSR count). The lowest BCUT2D eigenvalue weighted by atomic mass is 10.1. The van der Waals surface area contributed by atoms with Gasteiger partial charge in [-0.3, -0.25) is 9.67 Å². The SMILES string of the molecule is Cc1cc(C)n(Cc2cccc(CNc3nc(-c4ccccn4)nc(C)c3C)c2)n1. The molecule has 0 unspecified atom stereocenters. The first kappa shape index (κ1) is 19.8. The highest BCUT2D eigenvalue weighted by atomic mass is 15.3. The molecule has 6 nitrogen and oxygen atoms in total. The monoisotopic (exact) mass is 398 g/mol. The maximum atomic E-state index is 4.72. The number of nitrogens with one attached hydrogen (secondary N) is 1. The summed E-state index contributed by atoms with van der Waals surface area (Å²) < 4.78 is 2.04. The van der Waals surface area contributed by atoms with Crippen LogP contribution in [-0.2, 0) is 13.1 Å². The smallest absolute Gasteiger partial charge is 0.180 e. The van der Waals surface area contributed by atoms with Crippen LogP contribution in [0.3, 0.4) is 0 Å². The Morgan fingerprint density at radius 2 is 1.73 bits per heavy atom. The van der Waals surface area contributed by atoms with Gasteiger partial charge >= 0.3 is 0 Å². The van der Waals surface area contributed by atoms with Crippen LogP contribution in [0.25, 0.3) is 11.5 Å². The van der Waals surface area contributed by atoms with E-state index in [0.717, 1.165) is 35.0 Å². The molecule has 1 aromatic carbocycles. The standard InChI is InChI=1S/C24H26N6/c1-16-12-17(2)30(29-16)15-21-9-7-8-20(13-21)14-26-23-18(3)19(4)27-24(28-23)22-10-5-6-11-25-22/h5-13H,14-15H2,1-4H3,(H,26,27,28). The quantitative estimate of drug-likeness (QED) is 0.513. The molecule has 0 fully saturated rings. The Morgan fingerprint density at radius 3 is 2.47 bits per heavy atom. The van der Waals surface area contributed by atoms with Gasteiger partial charge in [-0.2, -0.15) is 5.10 Å². The third kappa shape index (κ3) is 4.38. The van der Waals surface area contributed by atoms with Crippen molar-refractivity contribution in [3.63, 3.8) is 0 Å². The number of benzene rings is 1. The summed E-state index contributed by atoms with van der Waals surface area (Å²) in [5.41, 5.74) is 7.42. The zero-order valence-corrected chi connectivity index (χ0v) is 17.8. The minimum atomic E-state index is 0.638. The lowest BCUT2D eigenvalue weighted by Gasteiger charge is -2.13. The van der Waals surface area contributed by atoms with Gasteiger partial charge in [0.15, 0.2) is 5.82 Å². The van der Waals surface area contributed by atoms with Gasteiger partial charge in [0.05, 0.1) is 12.2 Å². The van der Waals surface area contributed by atoms with E-state index in [4.69, 9.17) is 4.98 Å². The van der Waals surface area contributed by atoms with Gasteiger partial charge < -0.3 is 5.32 Å². The van der Waals surface area contributed by atoms with E-state index in [0.29, 0.717) is 12.4 Å². The Balaban J connectivity index is 1.52. The first-order chi connectivity index (χ1) is 14.5. The molecule has 152 valence electrons. The largest absolute Gasteiger partial charge is 0.366 e. The van der Waals surface area contributed by atoms with Gasteiger partial charge in [0.25, 0.3) is 0 Å². The first-order valence-electron chi connectivity index (χ1n) is 10.1. The second-order valence-corrected chi connectivity index (χ2v) is 7.58. The minimum Gasteiger partial charge on any atom is -0.366 e.